The molecule has 1 aromatic carbocycles. The Kier molecular flexibility index (Phi) is 5.13. The molecule has 5 nitrogen and oxygen atoms in total. The van der Waals surface area contributed by atoms with Gasteiger partial charge in [0.05, 0.1) is 6.04 Å². The van der Waals surface area contributed by atoms with Crippen LogP contribution in [0, 0.1) is 0 Å². The lowest BCUT2D eigenvalue weighted by Crippen LogP contribution is -2.50. The van der Waals surface area contributed by atoms with Gasteiger partial charge in [0.25, 0.3) is 5.91 Å². The van der Waals surface area contributed by atoms with Crippen molar-refractivity contribution in [3.05, 3.63) is 46.7 Å². The van der Waals surface area contributed by atoms with Crippen LogP contribution in [0.5, 0.6) is 11.5 Å². The molecule has 0 bridgehead atoms. The molecule has 1 N–H and O–H groups in total. The molecule has 1 saturated heterocycles. The summed E-state index contributed by atoms with van der Waals surface area (Å²) in [4.78, 5) is 16.5. The average molecular weight is 372 g/mol. The summed E-state index contributed by atoms with van der Waals surface area (Å²) in [6.45, 7) is 4.64. The topological polar surface area (TPSA) is 50.8 Å². The fraction of sp³-hybridized carbons (Fsp3) is 0.450. The van der Waals surface area contributed by atoms with E-state index in [0.29, 0.717) is 18.0 Å². The minimum absolute atomic E-state index is 0.118. The molecule has 138 valence electrons. The second-order valence-corrected chi connectivity index (χ2v) is 7.81. The number of carbonyl (C=O) groups excluding carboxylic acids is 1. The minimum Gasteiger partial charge on any atom is -0.482 e. The number of nitrogens with one attached hydrogen (secondary N) is 1. The van der Waals surface area contributed by atoms with E-state index in [-0.39, 0.29) is 18.1 Å². The first-order valence-electron chi connectivity index (χ1n) is 9.20. The molecule has 3 heterocycles. The van der Waals surface area contributed by atoms with Gasteiger partial charge in [-0.2, -0.15) is 0 Å². The van der Waals surface area contributed by atoms with E-state index >= 15 is 0 Å². The van der Waals surface area contributed by atoms with Crippen LogP contribution in [0.3, 0.4) is 0 Å². The highest BCUT2D eigenvalue weighted by atomic mass is 32.1. The lowest BCUT2D eigenvalue weighted by molar-refractivity contribution is -0.133. The lowest BCUT2D eigenvalue weighted by Gasteiger charge is -2.32. The molecule has 1 amide bonds. The Hall–Kier alpha value is -2.05. The van der Waals surface area contributed by atoms with Gasteiger partial charge in [0.15, 0.2) is 11.5 Å². The van der Waals surface area contributed by atoms with Crippen molar-refractivity contribution in [2.75, 3.05) is 19.6 Å². The molecule has 2 aromatic rings. The maximum atomic E-state index is 12.8. The number of amides is 1. The van der Waals surface area contributed by atoms with Gasteiger partial charge in [0.1, 0.15) is 6.10 Å². The van der Waals surface area contributed by atoms with Crippen molar-refractivity contribution in [1.82, 2.24) is 10.2 Å². The molecule has 0 saturated carbocycles. The largest absolute Gasteiger partial charge is 0.482 e. The molecule has 26 heavy (non-hydrogen) atoms. The number of carbonyl (C=O) groups is 1. The Bertz CT molecular complexity index is 743. The maximum Gasteiger partial charge on any atom is 0.265 e. The monoisotopic (exact) mass is 372 g/mol. The van der Waals surface area contributed by atoms with Gasteiger partial charge in [-0.05, 0) is 56.4 Å². The van der Waals surface area contributed by atoms with E-state index in [9.17, 15) is 4.79 Å². The van der Waals surface area contributed by atoms with Crippen LogP contribution in [0.25, 0.3) is 0 Å². The van der Waals surface area contributed by atoms with Gasteiger partial charge in [-0.3, -0.25) is 9.69 Å². The van der Waals surface area contributed by atoms with Crippen molar-refractivity contribution in [1.29, 1.82) is 0 Å². The predicted octanol–water partition coefficient (Wildman–Crippen LogP) is 3.23. The van der Waals surface area contributed by atoms with Crippen LogP contribution >= 0.6 is 11.3 Å². The lowest BCUT2D eigenvalue weighted by atomic mass is 10.1. The fourth-order valence-corrected chi connectivity index (χ4v) is 4.51. The van der Waals surface area contributed by atoms with Crippen molar-refractivity contribution < 1.29 is 14.3 Å². The normalized spacial score (nSPS) is 23.6. The van der Waals surface area contributed by atoms with Gasteiger partial charge >= 0.3 is 0 Å². The quantitative estimate of drug-likeness (QED) is 0.876. The molecule has 2 aliphatic heterocycles. The summed E-state index contributed by atoms with van der Waals surface area (Å²) >= 11 is 1.75. The van der Waals surface area contributed by atoms with Gasteiger partial charge < -0.3 is 14.8 Å². The Morgan fingerprint density at radius 1 is 1.19 bits per heavy atom. The summed E-state index contributed by atoms with van der Waals surface area (Å²) in [5.41, 5.74) is 0. The molecule has 0 radical (unpaired) electrons. The van der Waals surface area contributed by atoms with Gasteiger partial charge in [-0.25, -0.2) is 0 Å². The molecule has 2 aliphatic rings. The molecule has 1 aromatic heterocycles. The number of ether oxygens (including phenoxy) is 2. The van der Waals surface area contributed by atoms with Gasteiger partial charge in [0.2, 0.25) is 6.10 Å². The van der Waals surface area contributed by atoms with Crippen molar-refractivity contribution in [3.8, 4) is 11.5 Å². The summed E-state index contributed by atoms with van der Waals surface area (Å²) in [6.07, 6.45) is 1.50. The van der Waals surface area contributed by atoms with Crippen LogP contribution in [0.4, 0.5) is 0 Å². The van der Waals surface area contributed by atoms with E-state index in [4.69, 9.17) is 9.47 Å². The maximum absolute atomic E-state index is 12.8. The third kappa shape index (κ3) is 3.57. The zero-order chi connectivity index (χ0) is 17.9. The molecule has 3 atom stereocenters. The number of likely N-dealkylation sites (tertiary alicyclic amines) is 1. The molecule has 0 aliphatic carbocycles. The van der Waals surface area contributed by atoms with E-state index in [1.807, 2.05) is 31.2 Å². The second-order valence-electron chi connectivity index (χ2n) is 6.83. The first kappa shape index (κ1) is 17.4. The number of benzene rings is 1. The Morgan fingerprint density at radius 3 is 2.62 bits per heavy atom. The molecule has 1 fully saturated rings. The highest BCUT2D eigenvalue weighted by Crippen LogP contribution is 2.33. The summed E-state index contributed by atoms with van der Waals surface area (Å²) in [6, 6.07) is 11.9. The Balaban J connectivity index is 1.42. The molecule has 6 heteroatoms. The zero-order valence-electron chi connectivity index (χ0n) is 14.9. The van der Waals surface area contributed by atoms with Crippen molar-refractivity contribution in [3.63, 3.8) is 0 Å². The highest BCUT2D eigenvalue weighted by Gasteiger charge is 2.35. The smallest absolute Gasteiger partial charge is 0.265 e. The van der Waals surface area contributed by atoms with E-state index in [2.05, 4.69) is 27.7 Å². The Morgan fingerprint density at radius 2 is 1.92 bits per heavy atom. The first-order valence-corrected chi connectivity index (χ1v) is 10.1. The van der Waals surface area contributed by atoms with E-state index < -0.39 is 6.10 Å². The van der Waals surface area contributed by atoms with Gasteiger partial charge in [-0.15, -0.1) is 11.3 Å². The summed E-state index contributed by atoms with van der Waals surface area (Å²) in [5.74, 6) is 1.20. The third-order valence-corrected chi connectivity index (χ3v) is 6.00. The molecule has 0 spiro atoms. The van der Waals surface area contributed by atoms with Crippen LogP contribution in [0.1, 0.15) is 30.7 Å². The second kappa shape index (κ2) is 7.68. The zero-order valence-corrected chi connectivity index (χ0v) is 15.7. The number of para-hydroxylation sites is 2. The van der Waals surface area contributed by atoms with Crippen molar-refractivity contribution in [2.45, 2.75) is 38.0 Å². The summed E-state index contributed by atoms with van der Waals surface area (Å²) in [7, 11) is 0. The van der Waals surface area contributed by atoms with E-state index in [1.54, 1.807) is 11.3 Å². The third-order valence-electron chi connectivity index (χ3n) is 5.02. The van der Waals surface area contributed by atoms with Crippen LogP contribution in [-0.2, 0) is 4.79 Å². The fourth-order valence-electron chi connectivity index (χ4n) is 3.65. The molecule has 3 unspecified atom stereocenters. The first-order chi connectivity index (χ1) is 12.7. The van der Waals surface area contributed by atoms with Crippen LogP contribution < -0.4 is 14.8 Å². The predicted molar refractivity (Wildman–Crippen MR) is 102 cm³/mol. The standard InChI is InChI=1S/C20H24N2O3S/c1-14-19(25-17-8-3-2-7-16(17)24-14)20(23)21-13-15(18-9-6-12-26-18)22-10-4-5-11-22/h2-3,6-9,12,14-15,19H,4-5,10-11,13H2,1H3,(H,21,23). The van der Waals surface area contributed by atoms with Gasteiger partial charge in [0, 0.05) is 11.4 Å². The van der Waals surface area contributed by atoms with Crippen molar-refractivity contribution >= 4 is 17.2 Å². The highest BCUT2D eigenvalue weighted by molar-refractivity contribution is 7.10. The number of thiophene rings is 1. The number of nitrogens with zero attached hydrogens (tertiary/aromatic N) is 1. The van der Waals surface area contributed by atoms with Crippen LogP contribution in [0.15, 0.2) is 41.8 Å². The number of hydrogen-bond acceptors (Lipinski definition) is 5. The summed E-state index contributed by atoms with van der Waals surface area (Å²) in [5, 5.41) is 5.19. The van der Waals surface area contributed by atoms with E-state index in [0.717, 1.165) is 13.1 Å². The number of hydrogen-bond donors (Lipinski definition) is 1. The summed E-state index contributed by atoms with van der Waals surface area (Å²) < 4.78 is 11.8. The molecular weight excluding hydrogens is 348 g/mol. The van der Waals surface area contributed by atoms with Crippen LogP contribution in [-0.4, -0.2) is 42.6 Å². The average Bonchev–Trinajstić information content (AvgIpc) is 3.35. The molecule has 4 rings (SSSR count). The van der Waals surface area contributed by atoms with E-state index in [1.165, 1.54) is 17.7 Å². The van der Waals surface area contributed by atoms with Crippen LogP contribution in [0.2, 0.25) is 0 Å². The minimum atomic E-state index is -0.632. The van der Waals surface area contributed by atoms with Gasteiger partial charge in [-0.1, -0.05) is 18.2 Å². The van der Waals surface area contributed by atoms with Crippen molar-refractivity contribution in [2.24, 2.45) is 0 Å². The SMILES string of the molecule is CC1Oc2ccccc2OC1C(=O)NCC(c1cccs1)N1CCCC1. The molecular formula is C20H24N2O3S. The number of fused-ring (bicyclic) bond motifs is 1. The Labute approximate surface area is 157 Å². The number of rotatable bonds is 5.